The van der Waals surface area contributed by atoms with Gasteiger partial charge in [-0.15, -0.1) is 0 Å². The van der Waals surface area contributed by atoms with Crippen molar-refractivity contribution in [3.63, 3.8) is 0 Å². The van der Waals surface area contributed by atoms with Gasteiger partial charge in [0.1, 0.15) is 0 Å². The predicted octanol–water partition coefficient (Wildman–Crippen LogP) is -0.0736. The zero-order valence-electron chi connectivity index (χ0n) is 7.84. The second-order valence-corrected chi connectivity index (χ2v) is 4.23. The highest BCUT2D eigenvalue weighted by molar-refractivity contribution is 5.76. The maximum atomic E-state index is 11.4. The van der Waals surface area contributed by atoms with Crippen molar-refractivity contribution >= 4 is 5.97 Å². The third kappa shape index (κ3) is 0.643. The summed E-state index contributed by atoms with van der Waals surface area (Å²) in [6, 6.07) is 0. The molecule has 1 spiro atoms. The van der Waals surface area contributed by atoms with Crippen molar-refractivity contribution in [3.05, 3.63) is 12.2 Å². The molecule has 5 atom stereocenters. The van der Waals surface area contributed by atoms with Gasteiger partial charge in [-0.2, -0.15) is 0 Å². The number of ether oxygens (including phenoxy) is 2. The van der Waals surface area contributed by atoms with E-state index in [9.17, 15) is 9.90 Å². The van der Waals surface area contributed by atoms with Gasteiger partial charge >= 0.3 is 5.97 Å². The molecule has 4 nitrogen and oxygen atoms in total. The summed E-state index contributed by atoms with van der Waals surface area (Å²) in [5.74, 6) is -0.0581. The molecule has 1 unspecified atom stereocenters. The molecule has 1 aliphatic heterocycles. The molecule has 1 saturated heterocycles. The summed E-state index contributed by atoms with van der Waals surface area (Å²) in [4.78, 5) is 11.4. The Morgan fingerprint density at radius 1 is 1.71 bits per heavy atom. The summed E-state index contributed by atoms with van der Waals surface area (Å²) in [5, 5.41) is 9.65. The number of hydrogen-bond donors (Lipinski definition) is 1. The Morgan fingerprint density at radius 2 is 2.50 bits per heavy atom. The molecule has 3 aliphatic rings. The van der Waals surface area contributed by atoms with E-state index in [1.54, 1.807) is 0 Å². The van der Waals surface area contributed by atoms with Crippen LogP contribution in [0, 0.1) is 23.2 Å². The van der Waals surface area contributed by atoms with Crippen molar-refractivity contribution in [2.45, 2.75) is 6.29 Å². The van der Waals surface area contributed by atoms with Gasteiger partial charge < -0.3 is 14.6 Å². The van der Waals surface area contributed by atoms with Crippen molar-refractivity contribution in [1.29, 1.82) is 0 Å². The molecule has 14 heavy (non-hydrogen) atoms. The molecule has 0 aromatic carbocycles. The minimum atomic E-state index is -0.733. The van der Waals surface area contributed by atoms with Gasteiger partial charge in [0, 0.05) is 11.8 Å². The zero-order chi connectivity index (χ0) is 9.92. The van der Waals surface area contributed by atoms with Gasteiger partial charge in [-0.25, -0.2) is 0 Å². The number of aliphatic hydroxyl groups is 1. The Bertz CT molecular complexity index is 324. The van der Waals surface area contributed by atoms with E-state index in [2.05, 4.69) is 0 Å². The van der Waals surface area contributed by atoms with Crippen LogP contribution in [0.2, 0.25) is 0 Å². The fourth-order valence-corrected chi connectivity index (χ4v) is 3.14. The van der Waals surface area contributed by atoms with Crippen molar-refractivity contribution < 1.29 is 19.4 Å². The fraction of sp³-hybridized carbons (Fsp3) is 0.700. The smallest absolute Gasteiger partial charge is 0.309 e. The fourth-order valence-electron chi connectivity index (χ4n) is 3.14. The average Bonchev–Trinajstić information content (AvgIpc) is 2.48. The minimum Gasteiger partial charge on any atom is -0.469 e. The van der Waals surface area contributed by atoms with E-state index in [1.807, 2.05) is 12.2 Å². The number of allylic oxidation sites excluding steroid dienone is 1. The van der Waals surface area contributed by atoms with E-state index < -0.39 is 6.29 Å². The maximum Gasteiger partial charge on any atom is 0.309 e. The molecule has 0 radical (unpaired) electrons. The molecule has 76 valence electrons. The van der Waals surface area contributed by atoms with Crippen LogP contribution in [0.25, 0.3) is 0 Å². The average molecular weight is 196 g/mol. The summed E-state index contributed by atoms with van der Waals surface area (Å²) >= 11 is 0. The third-order valence-electron chi connectivity index (χ3n) is 3.97. The molecule has 4 heteroatoms. The van der Waals surface area contributed by atoms with Crippen LogP contribution in [0.1, 0.15) is 0 Å². The summed E-state index contributed by atoms with van der Waals surface area (Å²) < 4.78 is 9.92. The Balaban J connectivity index is 1.90. The lowest BCUT2D eigenvalue weighted by Gasteiger charge is -2.59. The van der Waals surface area contributed by atoms with Gasteiger partial charge in [-0.1, -0.05) is 12.2 Å². The topological polar surface area (TPSA) is 55.8 Å². The number of carbonyl (C=O) groups is 1. The number of aliphatic hydroxyl groups excluding tert-OH is 1. The number of carbonyl (C=O) groups excluding carboxylic acids is 1. The van der Waals surface area contributed by atoms with E-state index in [-0.39, 0.29) is 29.1 Å². The minimum absolute atomic E-state index is 0.109. The first kappa shape index (κ1) is 8.44. The first-order valence-electron chi connectivity index (χ1n) is 4.78. The summed E-state index contributed by atoms with van der Waals surface area (Å²) in [7, 11) is 1.40. The molecule has 1 N–H and O–H groups in total. The maximum absolute atomic E-state index is 11.4. The number of rotatable bonds is 1. The monoisotopic (exact) mass is 196 g/mol. The molecular formula is C10H12O4. The molecule has 0 aromatic heterocycles. The first-order valence-corrected chi connectivity index (χ1v) is 4.78. The van der Waals surface area contributed by atoms with E-state index >= 15 is 0 Å². The van der Waals surface area contributed by atoms with Gasteiger partial charge in [0.15, 0.2) is 6.29 Å². The molecule has 0 aromatic rings. The van der Waals surface area contributed by atoms with E-state index in [4.69, 9.17) is 9.47 Å². The molecule has 2 aliphatic carbocycles. The Hall–Kier alpha value is -0.870. The van der Waals surface area contributed by atoms with E-state index in [1.165, 1.54) is 7.11 Å². The van der Waals surface area contributed by atoms with E-state index in [0.717, 1.165) is 0 Å². The van der Waals surface area contributed by atoms with Gasteiger partial charge in [0.2, 0.25) is 0 Å². The molecule has 2 fully saturated rings. The van der Waals surface area contributed by atoms with Crippen LogP contribution in [-0.4, -0.2) is 31.1 Å². The molecular weight excluding hydrogens is 184 g/mol. The highest BCUT2D eigenvalue weighted by Gasteiger charge is 2.72. The Labute approximate surface area is 81.5 Å². The normalized spacial score (nSPS) is 52.7. The largest absolute Gasteiger partial charge is 0.469 e. The Morgan fingerprint density at radius 3 is 3.07 bits per heavy atom. The highest BCUT2D eigenvalue weighted by atomic mass is 16.6. The molecule has 3 rings (SSSR count). The van der Waals surface area contributed by atoms with Crippen LogP contribution >= 0.6 is 0 Å². The van der Waals surface area contributed by atoms with Crippen LogP contribution in [0.4, 0.5) is 0 Å². The van der Waals surface area contributed by atoms with Crippen LogP contribution in [0.15, 0.2) is 12.2 Å². The molecule has 1 heterocycles. The lowest BCUT2D eigenvalue weighted by molar-refractivity contribution is -0.187. The van der Waals surface area contributed by atoms with Crippen LogP contribution in [-0.2, 0) is 14.3 Å². The lowest BCUT2D eigenvalue weighted by atomic mass is 9.42. The molecule has 0 bridgehead atoms. The van der Waals surface area contributed by atoms with Crippen molar-refractivity contribution in [2.24, 2.45) is 23.2 Å². The summed E-state index contributed by atoms with van der Waals surface area (Å²) in [6.07, 6.45) is 3.21. The number of esters is 1. The van der Waals surface area contributed by atoms with Crippen molar-refractivity contribution in [3.8, 4) is 0 Å². The quantitative estimate of drug-likeness (QED) is 0.471. The standard InChI is InChI=1S/C10H12O4/c1-13-8(11)7-5-2-3-10(5)6(7)4-14-9(10)12/h2-3,5-7,9,12H,4H2,1H3/t5-,6-,7+,9-,10?/m0/s1. The number of hydrogen-bond acceptors (Lipinski definition) is 4. The number of methoxy groups -OCH3 is 1. The molecule has 1 saturated carbocycles. The SMILES string of the molecule is COC(=O)[C@@H]1[C@@H]2C=CC23[C@@H](O)OC[C@@H]13. The highest BCUT2D eigenvalue weighted by Crippen LogP contribution is 2.68. The molecule has 0 amide bonds. The second kappa shape index (κ2) is 2.38. The van der Waals surface area contributed by atoms with Crippen molar-refractivity contribution in [2.75, 3.05) is 13.7 Å². The Kier molecular flexibility index (Phi) is 1.43. The lowest BCUT2D eigenvalue weighted by Crippen LogP contribution is -2.64. The van der Waals surface area contributed by atoms with Gasteiger partial charge in [-0.05, 0) is 0 Å². The summed E-state index contributed by atoms with van der Waals surface area (Å²) in [6.45, 7) is 0.460. The first-order chi connectivity index (χ1) is 6.71. The van der Waals surface area contributed by atoms with Crippen molar-refractivity contribution in [1.82, 2.24) is 0 Å². The van der Waals surface area contributed by atoms with Gasteiger partial charge in [-0.3, -0.25) is 4.79 Å². The second-order valence-electron chi connectivity index (χ2n) is 4.23. The van der Waals surface area contributed by atoms with Crippen LogP contribution < -0.4 is 0 Å². The van der Waals surface area contributed by atoms with Crippen LogP contribution in [0.3, 0.4) is 0 Å². The van der Waals surface area contributed by atoms with Crippen LogP contribution in [0.5, 0.6) is 0 Å². The summed E-state index contributed by atoms with van der Waals surface area (Å²) in [5.41, 5.74) is -0.265. The van der Waals surface area contributed by atoms with Gasteiger partial charge in [0.05, 0.1) is 25.0 Å². The predicted molar refractivity (Wildman–Crippen MR) is 46.0 cm³/mol. The van der Waals surface area contributed by atoms with E-state index in [0.29, 0.717) is 6.61 Å². The van der Waals surface area contributed by atoms with Gasteiger partial charge in [0.25, 0.3) is 0 Å². The third-order valence-corrected chi connectivity index (χ3v) is 3.97. The zero-order valence-corrected chi connectivity index (χ0v) is 7.84.